The van der Waals surface area contributed by atoms with E-state index in [1.54, 1.807) is 6.07 Å². The molecule has 102 valence electrons. The van der Waals surface area contributed by atoms with E-state index in [0.717, 1.165) is 17.9 Å². The van der Waals surface area contributed by atoms with Crippen molar-refractivity contribution in [3.63, 3.8) is 0 Å². The molecular weight excluding hydrogens is 245 g/mol. The molecule has 1 aromatic heterocycles. The molecule has 0 aliphatic heterocycles. The van der Waals surface area contributed by atoms with Crippen LogP contribution >= 0.6 is 0 Å². The lowest BCUT2D eigenvalue weighted by Gasteiger charge is -2.11. The summed E-state index contributed by atoms with van der Waals surface area (Å²) in [6.45, 7) is 7.19. The van der Waals surface area contributed by atoms with E-state index in [9.17, 15) is 4.39 Å². The van der Waals surface area contributed by atoms with E-state index in [0.29, 0.717) is 11.7 Å². The van der Waals surface area contributed by atoms with Gasteiger partial charge in [-0.05, 0) is 24.5 Å². The van der Waals surface area contributed by atoms with Crippen molar-refractivity contribution in [2.75, 3.05) is 0 Å². The first-order valence-corrected chi connectivity index (χ1v) is 6.32. The fourth-order valence-electron chi connectivity index (χ4n) is 1.77. The van der Waals surface area contributed by atoms with Gasteiger partial charge in [0.15, 0.2) is 5.82 Å². The summed E-state index contributed by atoms with van der Waals surface area (Å²) >= 11 is 0. The third-order valence-corrected chi connectivity index (χ3v) is 2.74. The van der Waals surface area contributed by atoms with Crippen LogP contribution in [0.2, 0.25) is 0 Å². The quantitative estimate of drug-likeness (QED) is 0.832. The first-order chi connectivity index (χ1) is 9.06. The van der Waals surface area contributed by atoms with Gasteiger partial charge in [0, 0.05) is 12.6 Å². The Labute approximate surface area is 112 Å². The molecule has 4 nitrogen and oxygen atoms in total. The van der Waals surface area contributed by atoms with Crippen LogP contribution in [-0.2, 0) is 13.2 Å². The standard InChI is InChI=1S/C14H18FN3O/c1-10(2)7-18-14(16-9-17-18)8-19-13-6-12(15)5-4-11(13)3/h4-6,9-10H,7-8H2,1-3H3. The summed E-state index contributed by atoms with van der Waals surface area (Å²) in [5.41, 5.74) is 0.899. The molecule has 0 atom stereocenters. The Morgan fingerprint density at radius 2 is 2.16 bits per heavy atom. The van der Waals surface area contributed by atoms with Crippen LogP contribution in [0.4, 0.5) is 4.39 Å². The summed E-state index contributed by atoms with van der Waals surface area (Å²) in [7, 11) is 0. The summed E-state index contributed by atoms with van der Waals surface area (Å²) in [6.07, 6.45) is 1.51. The Morgan fingerprint density at radius 3 is 2.89 bits per heavy atom. The second kappa shape index (κ2) is 5.82. The molecule has 0 saturated heterocycles. The average molecular weight is 263 g/mol. The van der Waals surface area contributed by atoms with E-state index >= 15 is 0 Å². The number of nitrogens with zero attached hydrogens (tertiary/aromatic N) is 3. The van der Waals surface area contributed by atoms with Crippen molar-refractivity contribution in [1.82, 2.24) is 14.8 Å². The van der Waals surface area contributed by atoms with Gasteiger partial charge in [-0.3, -0.25) is 0 Å². The van der Waals surface area contributed by atoms with Gasteiger partial charge in [0.1, 0.15) is 24.5 Å². The molecule has 19 heavy (non-hydrogen) atoms. The Morgan fingerprint density at radius 1 is 1.37 bits per heavy atom. The SMILES string of the molecule is Cc1ccc(F)cc1OCc1ncnn1CC(C)C. The van der Waals surface area contributed by atoms with E-state index in [-0.39, 0.29) is 12.4 Å². The van der Waals surface area contributed by atoms with Gasteiger partial charge in [0.2, 0.25) is 0 Å². The molecule has 2 aromatic rings. The van der Waals surface area contributed by atoms with Gasteiger partial charge in [-0.1, -0.05) is 19.9 Å². The second-order valence-electron chi connectivity index (χ2n) is 4.95. The van der Waals surface area contributed by atoms with Gasteiger partial charge >= 0.3 is 0 Å². The number of hydrogen-bond acceptors (Lipinski definition) is 3. The van der Waals surface area contributed by atoms with Crippen molar-refractivity contribution in [3.05, 3.63) is 41.7 Å². The summed E-state index contributed by atoms with van der Waals surface area (Å²) in [5, 5.41) is 4.16. The predicted molar refractivity (Wildman–Crippen MR) is 70.3 cm³/mol. The number of hydrogen-bond donors (Lipinski definition) is 0. The highest BCUT2D eigenvalue weighted by Crippen LogP contribution is 2.19. The van der Waals surface area contributed by atoms with Crippen LogP contribution in [0.1, 0.15) is 25.2 Å². The number of rotatable bonds is 5. The molecule has 2 rings (SSSR count). The highest BCUT2D eigenvalue weighted by atomic mass is 19.1. The highest BCUT2D eigenvalue weighted by molar-refractivity contribution is 5.32. The van der Waals surface area contributed by atoms with Crippen LogP contribution in [0.5, 0.6) is 5.75 Å². The first-order valence-electron chi connectivity index (χ1n) is 6.32. The van der Waals surface area contributed by atoms with E-state index in [2.05, 4.69) is 23.9 Å². The normalized spacial score (nSPS) is 11.0. The van der Waals surface area contributed by atoms with Gasteiger partial charge in [-0.2, -0.15) is 5.10 Å². The van der Waals surface area contributed by atoms with Crippen molar-refractivity contribution >= 4 is 0 Å². The highest BCUT2D eigenvalue weighted by Gasteiger charge is 2.08. The van der Waals surface area contributed by atoms with Crippen LogP contribution in [0.25, 0.3) is 0 Å². The smallest absolute Gasteiger partial charge is 0.164 e. The number of halogens is 1. The molecule has 0 radical (unpaired) electrons. The molecule has 0 fully saturated rings. The van der Waals surface area contributed by atoms with E-state index in [1.807, 2.05) is 11.6 Å². The minimum atomic E-state index is -0.302. The van der Waals surface area contributed by atoms with Gasteiger partial charge in [-0.15, -0.1) is 0 Å². The van der Waals surface area contributed by atoms with Crippen LogP contribution in [0.3, 0.4) is 0 Å². The Kier molecular flexibility index (Phi) is 4.14. The van der Waals surface area contributed by atoms with Crippen molar-refractivity contribution in [2.24, 2.45) is 5.92 Å². The Hall–Kier alpha value is -1.91. The van der Waals surface area contributed by atoms with Gasteiger partial charge in [0.25, 0.3) is 0 Å². The molecule has 0 bridgehead atoms. The fraction of sp³-hybridized carbons (Fsp3) is 0.429. The fourth-order valence-corrected chi connectivity index (χ4v) is 1.77. The molecule has 0 spiro atoms. The molecule has 0 saturated carbocycles. The average Bonchev–Trinajstić information content (AvgIpc) is 2.77. The third-order valence-electron chi connectivity index (χ3n) is 2.74. The predicted octanol–water partition coefficient (Wildman–Crippen LogP) is 2.96. The van der Waals surface area contributed by atoms with Crippen molar-refractivity contribution < 1.29 is 9.13 Å². The molecule has 0 N–H and O–H groups in total. The molecule has 0 unspecified atom stereocenters. The minimum absolute atomic E-state index is 0.289. The molecule has 0 aliphatic rings. The lowest BCUT2D eigenvalue weighted by atomic mass is 10.2. The number of benzene rings is 1. The van der Waals surface area contributed by atoms with Crippen molar-refractivity contribution in [2.45, 2.75) is 33.9 Å². The summed E-state index contributed by atoms with van der Waals surface area (Å²) in [5.74, 6) is 1.47. The van der Waals surface area contributed by atoms with Crippen LogP contribution in [0, 0.1) is 18.7 Å². The lowest BCUT2D eigenvalue weighted by Crippen LogP contribution is -2.12. The molecule has 5 heteroatoms. The first kappa shape index (κ1) is 13.5. The number of ether oxygens (including phenoxy) is 1. The molecule has 1 heterocycles. The van der Waals surface area contributed by atoms with Crippen molar-refractivity contribution in [3.8, 4) is 5.75 Å². The zero-order chi connectivity index (χ0) is 13.8. The third kappa shape index (κ3) is 3.53. The minimum Gasteiger partial charge on any atom is -0.485 e. The molecule has 0 aliphatic carbocycles. The maximum absolute atomic E-state index is 13.2. The maximum atomic E-state index is 13.2. The Bertz CT molecular complexity index is 551. The number of aryl methyl sites for hydroxylation is 1. The van der Waals surface area contributed by atoms with E-state index in [1.165, 1.54) is 18.5 Å². The van der Waals surface area contributed by atoms with Crippen LogP contribution < -0.4 is 4.74 Å². The van der Waals surface area contributed by atoms with Crippen molar-refractivity contribution in [1.29, 1.82) is 0 Å². The Balaban J connectivity index is 2.06. The zero-order valence-corrected chi connectivity index (χ0v) is 11.4. The molecule has 1 aromatic carbocycles. The van der Waals surface area contributed by atoms with Crippen LogP contribution in [-0.4, -0.2) is 14.8 Å². The largest absolute Gasteiger partial charge is 0.485 e. The van der Waals surface area contributed by atoms with Gasteiger partial charge in [-0.25, -0.2) is 14.1 Å². The lowest BCUT2D eigenvalue weighted by molar-refractivity contribution is 0.279. The summed E-state index contributed by atoms with van der Waals surface area (Å²) in [6, 6.07) is 4.51. The van der Waals surface area contributed by atoms with Gasteiger partial charge < -0.3 is 4.74 Å². The number of aromatic nitrogens is 3. The maximum Gasteiger partial charge on any atom is 0.164 e. The summed E-state index contributed by atoms with van der Waals surface area (Å²) in [4.78, 5) is 4.17. The molecule has 0 amide bonds. The van der Waals surface area contributed by atoms with E-state index in [4.69, 9.17) is 4.74 Å². The second-order valence-corrected chi connectivity index (χ2v) is 4.95. The van der Waals surface area contributed by atoms with E-state index < -0.39 is 0 Å². The van der Waals surface area contributed by atoms with Crippen LogP contribution in [0.15, 0.2) is 24.5 Å². The topological polar surface area (TPSA) is 39.9 Å². The van der Waals surface area contributed by atoms with Gasteiger partial charge in [0.05, 0.1) is 0 Å². The monoisotopic (exact) mass is 263 g/mol. The zero-order valence-electron chi connectivity index (χ0n) is 11.4. The summed E-state index contributed by atoms with van der Waals surface area (Å²) < 4.78 is 20.6. The molecular formula is C14H18FN3O.